The summed E-state index contributed by atoms with van der Waals surface area (Å²) < 4.78 is 1.01. The second-order valence-electron chi connectivity index (χ2n) is 5.07. The monoisotopic (exact) mass is 324 g/mol. The smallest absolute Gasteiger partial charge is 0.122 e. The minimum Gasteiger partial charge on any atom is -0.384 e. The standard InChI is InChI=1S/C14H21BrN4/c1-3-11-9-19(7-6-18(11)2)13-5-4-10(14(16)17)8-12(13)15/h4-5,8,11H,3,6-7,9H2,1-2H3,(H3,16,17). The number of nitrogens with two attached hydrogens (primary N) is 1. The van der Waals surface area contributed by atoms with E-state index >= 15 is 0 Å². The summed E-state index contributed by atoms with van der Waals surface area (Å²) in [5.41, 5.74) is 7.47. The van der Waals surface area contributed by atoms with E-state index in [1.54, 1.807) is 0 Å². The summed E-state index contributed by atoms with van der Waals surface area (Å²) in [4.78, 5) is 4.83. The fourth-order valence-corrected chi connectivity index (χ4v) is 3.17. The first-order chi connectivity index (χ1) is 9.02. The maximum Gasteiger partial charge on any atom is 0.122 e. The summed E-state index contributed by atoms with van der Waals surface area (Å²) in [6.45, 7) is 5.40. The molecule has 0 bridgehead atoms. The highest BCUT2D eigenvalue weighted by Crippen LogP contribution is 2.29. The molecule has 0 aromatic heterocycles. The maximum atomic E-state index is 7.47. The number of anilines is 1. The van der Waals surface area contributed by atoms with Gasteiger partial charge in [-0.15, -0.1) is 0 Å². The van der Waals surface area contributed by atoms with Crippen LogP contribution in [-0.2, 0) is 0 Å². The lowest BCUT2D eigenvalue weighted by Gasteiger charge is -2.40. The van der Waals surface area contributed by atoms with Gasteiger partial charge in [-0.25, -0.2) is 0 Å². The van der Waals surface area contributed by atoms with Gasteiger partial charge < -0.3 is 10.6 Å². The van der Waals surface area contributed by atoms with Gasteiger partial charge in [-0.3, -0.25) is 10.3 Å². The molecule has 0 spiro atoms. The van der Waals surface area contributed by atoms with Crippen LogP contribution in [0.2, 0.25) is 0 Å². The lowest BCUT2D eigenvalue weighted by Crippen LogP contribution is -2.51. The molecule has 1 atom stereocenters. The van der Waals surface area contributed by atoms with E-state index in [1.165, 1.54) is 5.69 Å². The van der Waals surface area contributed by atoms with E-state index in [4.69, 9.17) is 11.1 Å². The van der Waals surface area contributed by atoms with Crippen LogP contribution >= 0.6 is 15.9 Å². The molecule has 1 fully saturated rings. The molecule has 104 valence electrons. The molecule has 3 N–H and O–H groups in total. The van der Waals surface area contributed by atoms with E-state index in [2.05, 4.69) is 45.8 Å². The van der Waals surface area contributed by atoms with E-state index in [0.717, 1.165) is 36.1 Å². The fourth-order valence-electron chi connectivity index (χ4n) is 2.54. The van der Waals surface area contributed by atoms with Crippen LogP contribution in [-0.4, -0.2) is 43.5 Å². The van der Waals surface area contributed by atoms with Crippen molar-refractivity contribution < 1.29 is 0 Å². The van der Waals surface area contributed by atoms with Gasteiger partial charge in [-0.1, -0.05) is 6.92 Å². The van der Waals surface area contributed by atoms with Gasteiger partial charge in [-0.2, -0.15) is 0 Å². The first-order valence-corrected chi connectivity index (χ1v) is 7.41. The van der Waals surface area contributed by atoms with E-state index in [9.17, 15) is 0 Å². The Bertz CT molecular complexity index is 475. The highest BCUT2D eigenvalue weighted by atomic mass is 79.9. The molecule has 1 aromatic carbocycles. The van der Waals surface area contributed by atoms with Crippen LogP contribution in [0.5, 0.6) is 0 Å². The van der Waals surface area contributed by atoms with E-state index in [0.29, 0.717) is 6.04 Å². The van der Waals surface area contributed by atoms with Gasteiger partial charge in [0.05, 0.1) is 5.69 Å². The van der Waals surface area contributed by atoms with Crippen LogP contribution < -0.4 is 10.6 Å². The molecular formula is C14H21BrN4. The summed E-state index contributed by atoms with van der Waals surface area (Å²) in [6.07, 6.45) is 1.16. The molecule has 19 heavy (non-hydrogen) atoms. The summed E-state index contributed by atoms with van der Waals surface area (Å²) in [6, 6.07) is 6.51. The van der Waals surface area contributed by atoms with Crippen molar-refractivity contribution in [3.8, 4) is 0 Å². The Hall–Kier alpha value is -1.07. The molecule has 4 nitrogen and oxygen atoms in total. The highest BCUT2D eigenvalue weighted by Gasteiger charge is 2.24. The molecule has 2 rings (SSSR count). The largest absolute Gasteiger partial charge is 0.384 e. The summed E-state index contributed by atoms with van der Waals surface area (Å²) >= 11 is 3.60. The van der Waals surface area contributed by atoms with Crippen molar-refractivity contribution in [3.05, 3.63) is 28.2 Å². The Balaban J connectivity index is 2.20. The number of nitrogens with one attached hydrogen (secondary N) is 1. The number of halogens is 1. The Morgan fingerprint density at radius 1 is 1.47 bits per heavy atom. The third kappa shape index (κ3) is 3.09. The quantitative estimate of drug-likeness (QED) is 0.662. The minimum atomic E-state index is 0.108. The Morgan fingerprint density at radius 2 is 2.21 bits per heavy atom. The molecule has 1 saturated heterocycles. The molecule has 1 heterocycles. The molecule has 0 saturated carbocycles. The Kier molecular flexibility index (Phi) is 4.47. The van der Waals surface area contributed by atoms with Crippen LogP contribution in [0.4, 0.5) is 5.69 Å². The normalized spacial score (nSPS) is 20.6. The zero-order valence-electron chi connectivity index (χ0n) is 11.5. The summed E-state index contributed by atoms with van der Waals surface area (Å²) in [5.74, 6) is 0.108. The van der Waals surface area contributed by atoms with Crippen molar-refractivity contribution in [2.45, 2.75) is 19.4 Å². The number of rotatable bonds is 3. The molecule has 0 amide bonds. The van der Waals surface area contributed by atoms with Gasteiger partial charge in [0.25, 0.3) is 0 Å². The number of benzene rings is 1. The van der Waals surface area contributed by atoms with Crippen LogP contribution in [0.3, 0.4) is 0 Å². The molecule has 1 aliphatic rings. The van der Waals surface area contributed by atoms with Gasteiger partial charge in [-0.05, 0) is 47.6 Å². The predicted molar refractivity (Wildman–Crippen MR) is 84.1 cm³/mol. The molecule has 5 heteroatoms. The second-order valence-corrected chi connectivity index (χ2v) is 5.92. The zero-order chi connectivity index (χ0) is 14.0. The van der Waals surface area contributed by atoms with Gasteiger partial charge in [0, 0.05) is 35.7 Å². The van der Waals surface area contributed by atoms with Gasteiger partial charge in [0.15, 0.2) is 0 Å². The van der Waals surface area contributed by atoms with Crippen LogP contribution in [0.15, 0.2) is 22.7 Å². The summed E-state index contributed by atoms with van der Waals surface area (Å²) in [7, 11) is 2.19. The van der Waals surface area contributed by atoms with Crippen LogP contribution in [0, 0.1) is 5.41 Å². The van der Waals surface area contributed by atoms with Gasteiger partial charge >= 0.3 is 0 Å². The number of piperazine rings is 1. The maximum absolute atomic E-state index is 7.47. The number of hydrogen-bond donors (Lipinski definition) is 2. The fraction of sp³-hybridized carbons (Fsp3) is 0.500. The van der Waals surface area contributed by atoms with Crippen molar-refractivity contribution in [2.75, 3.05) is 31.6 Å². The molecule has 1 aromatic rings. The predicted octanol–water partition coefficient (Wildman–Crippen LogP) is 2.26. The van der Waals surface area contributed by atoms with Crippen molar-refractivity contribution in [1.29, 1.82) is 5.41 Å². The lowest BCUT2D eigenvalue weighted by atomic mass is 10.1. The molecule has 0 radical (unpaired) electrons. The van der Waals surface area contributed by atoms with Gasteiger partial charge in [0.2, 0.25) is 0 Å². The van der Waals surface area contributed by atoms with Crippen LogP contribution in [0.1, 0.15) is 18.9 Å². The summed E-state index contributed by atoms with van der Waals surface area (Å²) in [5, 5.41) is 7.47. The SMILES string of the molecule is CCC1CN(c2ccc(C(=N)N)cc2Br)CCN1C. The first kappa shape index (κ1) is 14.3. The third-order valence-corrected chi connectivity index (χ3v) is 4.48. The Labute approximate surface area is 123 Å². The molecule has 1 unspecified atom stereocenters. The highest BCUT2D eigenvalue weighted by molar-refractivity contribution is 9.10. The van der Waals surface area contributed by atoms with E-state index in [1.807, 2.05) is 12.1 Å². The van der Waals surface area contributed by atoms with Crippen molar-refractivity contribution >= 4 is 27.5 Å². The lowest BCUT2D eigenvalue weighted by molar-refractivity contribution is 0.213. The number of hydrogen-bond acceptors (Lipinski definition) is 3. The van der Waals surface area contributed by atoms with Crippen molar-refractivity contribution in [2.24, 2.45) is 5.73 Å². The molecule has 1 aliphatic heterocycles. The Morgan fingerprint density at radius 3 is 2.79 bits per heavy atom. The topological polar surface area (TPSA) is 56.4 Å². The van der Waals surface area contributed by atoms with Crippen molar-refractivity contribution in [3.63, 3.8) is 0 Å². The van der Waals surface area contributed by atoms with Crippen molar-refractivity contribution in [1.82, 2.24) is 4.90 Å². The molecular weight excluding hydrogens is 304 g/mol. The average Bonchev–Trinajstić information content (AvgIpc) is 2.39. The zero-order valence-corrected chi connectivity index (χ0v) is 13.1. The third-order valence-electron chi connectivity index (χ3n) is 3.85. The minimum absolute atomic E-state index is 0.108. The van der Waals surface area contributed by atoms with Gasteiger partial charge in [0.1, 0.15) is 5.84 Å². The number of likely N-dealkylation sites (N-methyl/N-ethyl adjacent to an activating group) is 1. The van der Waals surface area contributed by atoms with Crippen LogP contribution in [0.25, 0.3) is 0 Å². The molecule has 0 aliphatic carbocycles. The second kappa shape index (κ2) is 5.92. The number of nitrogens with zero attached hydrogens (tertiary/aromatic N) is 2. The first-order valence-electron chi connectivity index (χ1n) is 6.62. The number of nitrogen functional groups attached to an aromatic ring is 1. The number of amidine groups is 1. The average molecular weight is 325 g/mol. The van der Waals surface area contributed by atoms with E-state index in [-0.39, 0.29) is 5.84 Å². The van der Waals surface area contributed by atoms with E-state index < -0.39 is 0 Å².